The first-order valence-corrected chi connectivity index (χ1v) is 10.9. The minimum absolute atomic E-state index is 0.0828. The average Bonchev–Trinajstić information content (AvgIpc) is 3.13. The second kappa shape index (κ2) is 9.85. The summed E-state index contributed by atoms with van der Waals surface area (Å²) in [4.78, 5) is 38.0. The molecule has 0 fully saturated rings. The Balaban J connectivity index is 1.71. The second-order valence-corrected chi connectivity index (χ2v) is 8.30. The second-order valence-electron chi connectivity index (χ2n) is 8.30. The first kappa shape index (κ1) is 23.3. The number of nitrogens with one attached hydrogen (secondary N) is 1. The van der Waals surface area contributed by atoms with Gasteiger partial charge in [0.25, 0.3) is 0 Å². The molecule has 0 heterocycles. The molecule has 32 heavy (non-hydrogen) atoms. The molecule has 0 saturated carbocycles. The third-order valence-electron chi connectivity index (χ3n) is 6.38. The number of hydrogen-bond acceptors (Lipinski definition) is 4. The number of benzene rings is 2. The number of amides is 2. The molecule has 0 aromatic heterocycles. The fourth-order valence-electron chi connectivity index (χ4n) is 4.03. The SMILES string of the molecule is CC[C@@H](C)[C@H](NC(=O)OCC1c2ccccc2-c2ccccc21)C(=O)N(C)[C@@H](C)C(=O)O. The quantitative estimate of drug-likeness (QED) is 0.652. The van der Waals surface area contributed by atoms with Gasteiger partial charge in [-0.1, -0.05) is 68.8 Å². The van der Waals surface area contributed by atoms with Gasteiger partial charge in [-0.05, 0) is 35.1 Å². The maximum atomic E-state index is 12.9. The van der Waals surface area contributed by atoms with Crippen molar-refractivity contribution < 1.29 is 24.2 Å². The van der Waals surface area contributed by atoms with Crippen LogP contribution in [0.2, 0.25) is 0 Å². The molecule has 0 bridgehead atoms. The van der Waals surface area contributed by atoms with E-state index in [1.807, 2.05) is 50.2 Å². The van der Waals surface area contributed by atoms with E-state index in [1.165, 1.54) is 14.0 Å². The van der Waals surface area contributed by atoms with Crippen LogP contribution in [0.5, 0.6) is 0 Å². The van der Waals surface area contributed by atoms with Crippen LogP contribution in [0, 0.1) is 5.92 Å². The number of alkyl carbamates (subject to hydrolysis) is 1. The lowest BCUT2D eigenvalue weighted by Crippen LogP contribution is -2.54. The summed E-state index contributed by atoms with van der Waals surface area (Å²) in [6.07, 6.45) is -0.0584. The minimum atomic E-state index is -1.11. The lowest BCUT2D eigenvalue weighted by Gasteiger charge is -2.30. The molecule has 1 aliphatic rings. The van der Waals surface area contributed by atoms with Gasteiger partial charge in [0.1, 0.15) is 18.7 Å². The number of hydrogen-bond donors (Lipinski definition) is 2. The highest BCUT2D eigenvalue weighted by Crippen LogP contribution is 2.44. The van der Waals surface area contributed by atoms with Crippen molar-refractivity contribution in [1.29, 1.82) is 0 Å². The molecule has 3 rings (SSSR count). The van der Waals surface area contributed by atoms with E-state index in [1.54, 1.807) is 0 Å². The molecule has 2 aromatic carbocycles. The minimum Gasteiger partial charge on any atom is -0.480 e. The number of carboxylic acids is 1. The molecule has 2 amide bonds. The zero-order valence-electron chi connectivity index (χ0n) is 18.9. The third-order valence-corrected chi connectivity index (χ3v) is 6.38. The van der Waals surface area contributed by atoms with Crippen molar-refractivity contribution in [3.63, 3.8) is 0 Å². The average molecular weight is 439 g/mol. The van der Waals surface area contributed by atoms with Gasteiger partial charge in [0.15, 0.2) is 0 Å². The van der Waals surface area contributed by atoms with E-state index in [-0.39, 0.29) is 18.4 Å². The van der Waals surface area contributed by atoms with Gasteiger partial charge >= 0.3 is 12.1 Å². The standard InChI is InChI=1S/C25H30N2O5/c1-5-15(2)22(23(28)27(4)16(3)24(29)30)26-25(31)32-14-21-19-12-8-6-10-17(19)18-11-7-9-13-20(18)21/h6-13,15-16,21-22H,5,14H2,1-4H3,(H,26,31)(H,29,30)/t15-,16+,22+/m1/s1. The van der Waals surface area contributed by atoms with Gasteiger partial charge in [-0.3, -0.25) is 4.79 Å². The lowest BCUT2D eigenvalue weighted by molar-refractivity contribution is -0.149. The van der Waals surface area contributed by atoms with Gasteiger partial charge in [-0.2, -0.15) is 0 Å². The first-order valence-electron chi connectivity index (χ1n) is 10.9. The van der Waals surface area contributed by atoms with Crippen molar-refractivity contribution in [3.05, 3.63) is 59.7 Å². The Hall–Kier alpha value is -3.35. The van der Waals surface area contributed by atoms with Crippen molar-refractivity contribution in [1.82, 2.24) is 10.2 Å². The van der Waals surface area contributed by atoms with E-state index < -0.39 is 30.1 Å². The number of carbonyl (C=O) groups is 3. The normalized spacial score (nSPS) is 15.1. The summed E-state index contributed by atoms with van der Waals surface area (Å²) < 4.78 is 5.57. The number of aliphatic carboxylic acids is 1. The summed E-state index contributed by atoms with van der Waals surface area (Å²) in [5.41, 5.74) is 4.47. The summed E-state index contributed by atoms with van der Waals surface area (Å²) in [6.45, 7) is 5.32. The number of rotatable bonds is 8. The van der Waals surface area contributed by atoms with E-state index in [2.05, 4.69) is 17.4 Å². The van der Waals surface area contributed by atoms with E-state index >= 15 is 0 Å². The van der Waals surface area contributed by atoms with Gasteiger partial charge in [0, 0.05) is 13.0 Å². The molecule has 0 aliphatic heterocycles. The topological polar surface area (TPSA) is 95.9 Å². The van der Waals surface area contributed by atoms with Crippen molar-refractivity contribution in [3.8, 4) is 11.1 Å². The summed E-state index contributed by atoms with van der Waals surface area (Å²) in [6, 6.07) is 14.2. The molecular weight excluding hydrogens is 408 g/mol. The van der Waals surface area contributed by atoms with Crippen LogP contribution in [0.25, 0.3) is 11.1 Å². The summed E-state index contributed by atoms with van der Waals surface area (Å²) in [5, 5.41) is 11.9. The van der Waals surface area contributed by atoms with Crippen LogP contribution in [-0.2, 0) is 14.3 Å². The molecule has 2 aromatic rings. The number of likely N-dealkylation sites (N-methyl/N-ethyl adjacent to an activating group) is 1. The Morgan fingerprint density at radius 3 is 2.06 bits per heavy atom. The number of fused-ring (bicyclic) bond motifs is 3. The smallest absolute Gasteiger partial charge is 0.407 e. The molecule has 0 spiro atoms. The maximum absolute atomic E-state index is 12.9. The fraction of sp³-hybridized carbons (Fsp3) is 0.400. The predicted octanol–water partition coefficient (Wildman–Crippen LogP) is 3.87. The Morgan fingerprint density at radius 1 is 1.03 bits per heavy atom. The molecule has 0 unspecified atom stereocenters. The molecule has 7 heteroatoms. The Bertz CT molecular complexity index is 960. The maximum Gasteiger partial charge on any atom is 0.407 e. The summed E-state index contributed by atoms with van der Waals surface area (Å²) >= 11 is 0. The van der Waals surface area contributed by atoms with Crippen molar-refractivity contribution in [2.24, 2.45) is 5.92 Å². The monoisotopic (exact) mass is 438 g/mol. The zero-order chi connectivity index (χ0) is 23.4. The molecule has 170 valence electrons. The highest BCUT2D eigenvalue weighted by atomic mass is 16.5. The van der Waals surface area contributed by atoms with Crippen molar-refractivity contribution >= 4 is 18.0 Å². The molecule has 1 aliphatic carbocycles. The molecule has 7 nitrogen and oxygen atoms in total. The first-order chi connectivity index (χ1) is 15.3. The molecular formula is C25H30N2O5. The van der Waals surface area contributed by atoms with Crippen LogP contribution in [0.3, 0.4) is 0 Å². The predicted molar refractivity (Wildman–Crippen MR) is 121 cm³/mol. The van der Waals surface area contributed by atoms with Gasteiger partial charge in [0.2, 0.25) is 5.91 Å². The van der Waals surface area contributed by atoms with Gasteiger partial charge in [-0.15, -0.1) is 0 Å². The Labute approximate surface area is 188 Å². The third kappa shape index (κ3) is 4.61. The van der Waals surface area contributed by atoms with Crippen LogP contribution < -0.4 is 5.32 Å². The van der Waals surface area contributed by atoms with Crippen LogP contribution in [-0.4, -0.2) is 53.7 Å². The summed E-state index contributed by atoms with van der Waals surface area (Å²) in [7, 11) is 1.43. The molecule has 0 radical (unpaired) electrons. The Kier molecular flexibility index (Phi) is 7.18. The van der Waals surface area contributed by atoms with E-state index in [0.717, 1.165) is 27.2 Å². The van der Waals surface area contributed by atoms with E-state index in [4.69, 9.17) is 4.74 Å². The van der Waals surface area contributed by atoms with Crippen molar-refractivity contribution in [2.45, 2.75) is 45.2 Å². The van der Waals surface area contributed by atoms with E-state index in [9.17, 15) is 19.5 Å². The number of nitrogens with zero attached hydrogens (tertiary/aromatic N) is 1. The highest BCUT2D eigenvalue weighted by molar-refractivity contribution is 5.89. The number of carbonyl (C=O) groups excluding carboxylic acids is 2. The van der Waals surface area contributed by atoms with Crippen molar-refractivity contribution in [2.75, 3.05) is 13.7 Å². The Morgan fingerprint density at radius 2 is 1.56 bits per heavy atom. The van der Waals surface area contributed by atoms with Crippen LogP contribution in [0.15, 0.2) is 48.5 Å². The van der Waals surface area contributed by atoms with Crippen LogP contribution >= 0.6 is 0 Å². The summed E-state index contributed by atoms with van der Waals surface area (Å²) in [5.74, 6) is -1.83. The van der Waals surface area contributed by atoms with Crippen LogP contribution in [0.4, 0.5) is 4.79 Å². The van der Waals surface area contributed by atoms with Gasteiger partial charge in [-0.25, -0.2) is 9.59 Å². The molecule has 0 saturated heterocycles. The highest BCUT2D eigenvalue weighted by Gasteiger charge is 2.34. The van der Waals surface area contributed by atoms with Gasteiger partial charge in [0.05, 0.1) is 0 Å². The lowest BCUT2D eigenvalue weighted by atomic mass is 9.97. The number of ether oxygens (including phenoxy) is 1. The number of carboxylic acid groups (broad SMARTS) is 1. The zero-order valence-corrected chi connectivity index (χ0v) is 18.9. The molecule has 2 N–H and O–H groups in total. The fourth-order valence-corrected chi connectivity index (χ4v) is 4.03. The van der Waals surface area contributed by atoms with Crippen LogP contribution in [0.1, 0.15) is 44.2 Å². The largest absolute Gasteiger partial charge is 0.480 e. The van der Waals surface area contributed by atoms with E-state index in [0.29, 0.717) is 6.42 Å². The molecule has 3 atom stereocenters. The van der Waals surface area contributed by atoms with Gasteiger partial charge < -0.3 is 20.1 Å².